The first-order valence-electron chi connectivity index (χ1n) is 3.17. The standard InChI is InChI=1S/C7H8BrO2P/c1-7(9)4-2-3-5(11-10)6(7)8/h2-4,6,9H,1H3. The average molecular weight is 235 g/mol. The number of aliphatic hydroxyl groups is 1. The molecule has 1 N–H and O–H groups in total. The Hall–Kier alpha value is 0.0200. The molecule has 0 fully saturated rings. The third kappa shape index (κ3) is 1.78. The van der Waals surface area contributed by atoms with E-state index in [-0.39, 0.29) is 13.3 Å². The molecule has 0 aromatic heterocycles. The Balaban J connectivity index is 2.94. The van der Waals surface area contributed by atoms with Crippen LogP contribution >= 0.6 is 24.4 Å². The molecule has 0 aliphatic heterocycles. The molecular formula is C7H8BrO2P. The molecule has 0 bridgehead atoms. The van der Waals surface area contributed by atoms with Gasteiger partial charge in [-0.1, -0.05) is 34.2 Å². The maximum atomic E-state index is 10.5. The van der Waals surface area contributed by atoms with Crippen molar-refractivity contribution in [1.29, 1.82) is 0 Å². The number of rotatable bonds is 1. The number of alkyl halides is 1. The second kappa shape index (κ2) is 3.18. The Labute approximate surface area is 75.3 Å². The van der Waals surface area contributed by atoms with E-state index in [0.29, 0.717) is 5.31 Å². The molecule has 60 valence electrons. The van der Waals surface area contributed by atoms with Gasteiger partial charge in [0.05, 0.1) is 10.4 Å². The molecule has 0 spiro atoms. The molecular weight excluding hydrogens is 227 g/mol. The van der Waals surface area contributed by atoms with E-state index < -0.39 is 5.60 Å². The maximum absolute atomic E-state index is 10.5. The van der Waals surface area contributed by atoms with Gasteiger partial charge in [0, 0.05) is 5.31 Å². The maximum Gasteiger partial charge on any atom is 0.189 e. The summed E-state index contributed by atoms with van der Waals surface area (Å²) < 4.78 is 10.5. The van der Waals surface area contributed by atoms with Crippen molar-refractivity contribution in [3.8, 4) is 0 Å². The normalized spacial score (nSPS) is 37.4. The largest absolute Gasteiger partial charge is 0.385 e. The lowest BCUT2D eigenvalue weighted by molar-refractivity contribution is 0.120. The fourth-order valence-electron chi connectivity index (χ4n) is 0.887. The van der Waals surface area contributed by atoms with Gasteiger partial charge in [-0.05, 0) is 6.92 Å². The first-order chi connectivity index (χ1) is 5.08. The summed E-state index contributed by atoms with van der Waals surface area (Å²) >= 11 is 3.26. The van der Waals surface area contributed by atoms with Gasteiger partial charge in [0.25, 0.3) is 0 Å². The summed E-state index contributed by atoms with van der Waals surface area (Å²) in [5, 5.41) is 10.3. The van der Waals surface area contributed by atoms with Crippen molar-refractivity contribution >= 4 is 24.4 Å². The Morgan fingerprint density at radius 1 is 1.82 bits per heavy atom. The predicted molar refractivity (Wildman–Crippen MR) is 48.2 cm³/mol. The summed E-state index contributed by atoms with van der Waals surface area (Å²) in [5.74, 6) is 0. The van der Waals surface area contributed by atoms with Crippen molar-refractivity contribution in [3.63, 3.8) is 0 Å². The molecule has 0 aromatic carbocycles. The van der Waals surface area contributed by atoms with Gasteiger partial charge >= 0.3 is 0 Å². The average Bonchev–Trinajstić information content (AvgIpc) is 1.95. The molecule has 1 rings (SSSR count). The fourth-order valence-corrected chi connectivity index (χ4v) is 1.94. The number of hydrogen-bond acceptors (Lipinski definition) is 2. The SMILES string of the molecule is CC1(O)C=CC=C(P=O)C1Br. The molecule has 1 aliphatic carbocycles. The monoisotopic (exact) mass is 234 g/mol. The van der Waals surface area contributed by atoms with Crippen LogP contribution < -0.4 is 0 Å². The van der Waals surface area contributed by atoms with Crippen molar-refractivity contribution in [2.75, 3.05) is 0 Å². The van der Waals surface area contributed by atoms with Gasteiger partial charge < -0.3 is 5.11 Å². The minimum atomic E-state index is -0.929. The van der Waals surface area contributed by atoms with Gasteiger partial charge in [-0.2, -0.15) is 0 Å². The lowest BCUT2D eigenvalue weighted by atomic mass is 9.98. The summed E-state index contributed by atoms with van der Waals surface area (Å²) in [6.45, 7) is 1.67. The fraction of sp³-hybridized carbons (Fsp3) is 0.429. The quantitative estimate of drug-likeness (QED) is 0.559. The third-order valence-corrected chi connectivity index (χ3v) is 3.97. The van der Waals surface area contributed by atoms with Crippen LogP contribution in [-0.2, 0) is 4.57 Å². The Bertz CT molecular complexity index is 233. The highest BCUT2D eigenvalue weighted by molar-refractivity contribution is 9.09. The highest BCUT2D eigenvalue weighted by Crippen LogP contribution is 2.34. The van der Waals surface area contributed by atoms with Crippen molar-refractivity contribution in [1.82, 2.24) is 0 Å². The molecule has 11 heavy (non-hydrogen) atoms. The summed E-state index contributed by atoms with van der Waals surface area (Å²) in [7, 11) is -0.0419. The molecule has 2 unspecified atom stereocenters. The Kier molecular flexibility index (Phi) is 2.63. The molecule has 0 amide bonds. The molecule has 0 aromatic rings. The molecule has 4 heteroatoms. The molecule has 0 heterocycles. The Morgan fingerprint density at radius 2 is 2.45 bits per heavy atom. The van der Waals surface area contributed by atoms with Crippen LogP contribution in [-0.4, -0.2) is 15.5 Å². The van der Waals surface area contributed by atoms with Gasteiger partial charge in [0.15, 0.2) is 8.46 Å². The van der Waals surface area contributed by atoms with Crippen LogP contribution in [0.3, 0.4) is 0 Å². The van der Waals surface area contributed by atoms with E-state index >= 15 is 0 Å². The summed E-state index contributed by atoms with van der Waals surface area (Å²) in [6.07, 6.45) is 5.10. The second-order valence-electron chi connectivity index (χ2n) is 2.63. The molecule has 0 radical (unpaired) electrons. The van der Waals surface area contributed by atoms with E-state index in [9.17, 15) is 9.67 Å². The molecule has 0 saturated heterocycles. The smallest absolute Gasteiger partial charge is 0.189 e. The zero-order chi connectivity index (χ0) is 8.48. The van der Waals surface area contributed by atoms with Gasteiger partial charge in [0.2, 0.25) is 0 Å². The van der Waals surface area contributed by atoms with Gasteiger partial charge in [-0.3, -0.25) is 4.57 Å². The van der Waals surface area contributed by atoms with Crippen molar-refractivity contribution in [3.05, 3.63) is 23.5 Å². The van der Waals surface area contributed by atoms with E-state index in [2.05, 4.69) is 15.9 Å². The van der Waals surface area contributed by atoms with Crippen molar-refractivity contribution in [2.45, 2.75) is 17.4 Å². The summed E-state index contributed by atoms with van der Waals surface area (Å²) in [4.78, 5) is -0.251. The minimum absolute atomic E-state index is 0.0419. The zero-order valence-electron chi connectivity index (χ0n) is 5.99. The van der Waals surface area contributed by atoms with E-state index in [0.717, 1.165) is 0 Å². The summed E-state index contributed by atoms with van der Waals surface area (Å²) in [5.41, 5.74) is -0.929. The lowest BCUT2D eigenvalue weighted by Gasteiger charge is -2.27. The molecule has 2 atom stereocenters. The predicted octanol–water partition coefficient (Wildman–Crippen LogP) is 2.25. The second-order valence-corrected chi connectivity index (χ2v) is 4.24. The van der Waals surface area contributed by atoms with Crippen molar-refractivity contribution in [2.24, 2.45) is 0 Å². The van der Waals surface area contributed by atoms with Crippen LogP contribution in [0.15, 0.2) is 23.5 Å². The van der Waals surface area contributed by atoms with Crippen LogP contribution in [0.5, 0.6) is 0 Å². The van der Waals surface area contributed by atoms with Crippen LogP contribution in [0.4, 0.5) is 0 Å². The van der Waals surface area contributed by atoms with Gasteiger partial charge in [-0.15, -0.1) is 0 Å². The van der Waals surface area contributed by atoms with Gasteiger partial charge in [0.1, 0.15) is 0 Å². The van der Waals surface area contributed by atoms with E-state index in [4.69, 9.17) is 0 Å². The number of hydrogen-bond donors (Lipinski definition) is 1. The van der Waals surface area contributed by atoms with E-state index in [1.54, 1.807) is 25.2 Å². The Morgan fingerprint density at radius 3 is 2.91 bits per heavy atom. The highest BCUT2D eigenvalue weighted by Gasteiger charge is 2.32. The molecule has 2 nitrogen and oxygen atoms in total. The zero-order valence-corrected chi connectivity index (χ0v) is 8.47. The number of allylic oxidation sites excluding steroid dienone is 2. The van der Waals surface area contributed by atoms with E-state index in [1.807, 2.05) is 0 Å². The lowest BCUT2D eigenvalue weighted by Crippen LogP contribution is -2.34. The van der Waals surface area contributed by atoms with Gasteiger partial charge in [-0.25, -0.2) is 0 Å². The highest BCUT2D eigenvalue weighted by atomic mass is 79.9. The van der Waals surface area contributed by atoms with Crippen molar-refractivity contribution < 1.29 is 9.67 Å². The minimum Gasteiger partial charge on any atom is -0.385 e. The van der Waals surface area contributed by atoms with Crippen LogP contribution in [0.2, 0.25) is 0 Å². The van der Waals surface area contributed by atoms with Crippen LogP contribution in [0, 0.1) is 0 Å². The first kappa shape index (κ1) is 9.11. The number of halogens is 1. The van der Waals surface area contributed by atoms with Crippen LogP contribution in [0.1, 0.15) is 6.92 Å². The molecule has 0 saturated carbocycles. The topological polar surface area (TPSA) is 37.3 Å². The molecule has 1 aliphatic rings. The first-order valence-corrected chi connectivity index (χ1v) is 4.90. The van der Waals surface area contributed by atoms with Crippen LogP contribution in [0.25, 0.3) is 0 Å². The third-order valence-electron chi connectivity index (χ3n) is 1.58. The van der Waals surface area contributed by atoms with E-state index in [1.165, 1.54) is 0 Å². The summed E-state index contributed by atoms with van der Waals surface area (Å²) in [6, 6.07) is 0.